The van der Waals surface area contributed by atoms with Gasteiger partial charge in [0.25, 0.3) is 5.91 Å². The number of halogens is 2. The van der Waals surface area contributed by atoms with Crippen LogP contribution in [0.5, 0.6) is 0 Å². The quantitative estimate of drug-likeness (QED) is 0.926. The van der Waals surface area contributed by atoms with Crippen molar-refractivity contribution in [3.8, 4) is 0 Å². The summed E-state index contributed by atoms with van der Waals surface area (Å²) in [7, 11) is 0. The van der Waals surface area contributed by atoms with E-state index in [1.165, 1.54) is 18.2 Å². The molecule has 0 spiro atoms. The minimum atomic E-state index is -0.387. The number of amides is 1. The molecule has 1 fully saturated rings. The Balaban J connectivity index is 2.19. The summed E-state index contributed by atoms with van der Waals surface area (Å²) in [6.07, 6.45) is 1.96. The number of hydrogen-bond acceptors (Lipinski definition) is 2. The predicted molar refractivity (Wildman–Crippen MR) is 65.2 cm³/mol. The Bertz CT molecular complexity index is 435. The zero-order valence-corrected chi connectivity index (χ0v) is 10.8. The topological polar surface area (TPSA) is 40.5 Å². The Hall–Kier alpha value is -0.940. The molecular formula is C12H13BrFNO2. The summed E-state index contributed by atoms with van der Waals surface area (Å²) in [5.41, 5.74) is 0.443. The van der Waals surface area contributed by atoms with Crippen LogP contribution in [-0.4, -0.2) is 35.1 Å². The highest BCUT2D eigenvalue weighted by Crippen LogP contribution is 2.28. The molecule has 0 aliphatic heterocycles. The van der Waals surface area contributed by atoms with Crippen LogP contribution in [-0.2, 0) is 0 Å². The van der Waals surface area contributed by atoms with Crippen molar-refractivity contribution >= 4 is 21.8 Å². The number of aliphatic hydroxyl groups is 1. The third kappa shape index (κ3) is 2.84. The predicted octanol–water partition coefficient (Wildman–Crippen LogP) is 2.19. The van der Waals surface area contributed by atoms with Gasteiger partial charge in [-0.25, -0.2) is 4.39 Å². The third-order valence-corrected chi connectivity index (χ3v) is 3.36. The van der Waals surface area contributed by atoms with Crippen molar-refractivity contribution in [2.75, 3.05) is 13.2 Å². The molecule has 5 heteroatoms. The van der Waals surface area contributed by atoms with Gasteiger partial charge in [0.15, 0.2) is 0 Å². The number of nitrogens with zero attached hydrogens (tertiary/aromatic N) is 1. The van der Waals surface area contributed by atoms with E-state index < -0.39 is 0 Å². The largest absolute Gasteiger partial charge is 0.395 e. The van der Waals surface area contributed by atoms with Crippen molar-refractivity contribution in [3.05, 3.63) is 34.1 Å². The monoisotopic (exact) mass is 301 g/mol. The van der Waals surface area contributed by atoms with Crippen LogP contribution in [0.4, 0.5) is 4.39 Å². The molecule has 3 nitrogen and oxygen atoms in total. The van der Waals surface area contributed by atoms with E-state index in [0.29, 0.717) is 12.1 Å². The molecule has 92 valence electrons. The number of hydrogen-bond donors (Lipinski definition) is 1. The Labute approximate surface area is 107 Å². The van der Waals surface area contributed by atoms with Gasteiger partial charge in [0.05, 0.1) is 11.1 Å². The van der Waals surface area contributed by atoms with E-state index in [1.54, 1.807) is 4.90 Å². The Morgan fingerprint density at radius 3 is 2.76 bits per heavy atom. The molecule has 1 aliphatic carbocycles. The number of benzene rings is 1. The minimum Gasteiger partial charge on any atom is -0.395 e. The van der Waals surface area contributed by atoms with Crippen LogP contribution in [0.3, 0.4) is 0 Å². The standard InChI is InChI=1S/C12H13BrFNO2/c13-10-7-8(1-4-11(10)14)12(17)15(5-6-16)9-2-3-9/h1,4,7,9,16H,2-3,5-6H2. The van der Waals surface area contributed by atoms with Gasteiger partial charge in [-0.2, -0.15) is 0 Å². The molecule has 17 heavy (non-hydrogen) atoms. The van der Waals surface area contributed by atoms with Crippen LogP contribution in [0, 0.1) is 5.82 Å². The SMILES string of the molecule is O=C(c1ccc(F)c(Br)c1)N(CCO)C1CC1. The average Bonchev–Trinajstić information content (AvgIpc) is 3.13. The fourth-order valence-corrected chi connectivity index (χ4v) is 2.12. The summed E-state index contributed by atoms with van der Waals surface area (Å²) in [6, 6.07) is 4.44. The van der Waals surface area contributed by atoms with Crippen molar-refractivity contribution in [1.82, 2.24) is 4.90 Å². The Kier molecular flexibility index (Phi) is 3.79. The fraction of sp³-hybridized carbons (Fsp3) is 0.417. The van der Waals surface area contributed by atoms with E-state index in [1.807, 2.05) is 0 Å². The lowest BCUT2D eigenvalue weighted by Gasteiger charge is -2.21. The minimum absolute atomic E-state index is 0.0510. The molecule has 1 amide bonds. The first kappa shape index (κ1) is 12.5. The van der Waals surface area contributed by atoms with Crippen LogP contribution in [0.2, 0.25) is 0 Å². The normalized spacial score (nSPS) is 14.8. The van der Waals surface area contributed by atoms with E-state index >= 15 is 0 Å². The van der Waals surface area contributed by atoms with E-state index in [0.717, 1.165) is 12.8 Å². The molecule has 1 aromatic rings. The highest BCUT2D eigenvalue weighted by atomic mass is 79.9. The summed E-state index contributed by atoms with van der Waals surface area (Å²) >= 11 is 3.06. The summed E-state index contributed by atoms with van der Waals surface area (Å²) in [5.74, 6) is -0.538. The zero-order valence-electron chi connectivity index (χ0n) is 9.20. The van der Waals surface area contributed by atoms with Gasteiger partial charge in [-0.15, -0.1) is 0 Å². The second-order valence-corrected chi connectivity index (χ2v) is 4.94. The molecule has 0 radical (unpaired) electrons. The van der Waals surface area contributed by atoms with E-state index in [-0.39, 0.29) is 28.8 Å². The van der Waals surface area contributed by atoms with Crippen LogP contribution in [0.25, 0.3) is 0 Å². The number of carbonyl (C=O) groups excluding carboxylic acids is 1. The van der Waals surface area contributed by atoms with Crippen molar-refractivity contribution < 1.29 is 14.3 Å². The molecule has 0 atom stereocenters. The molecule has 1 aromatic carbocycles. The van der Waals surface area contributed by atoms with Gasteiger partial charge in [-0.3, -0.25) is 4.79 Å². The lowest BCUT2D eigenvalue weighted by molar-refractivity contribution is 0.0707. The maximum atomic E-state index is 13.1. The number of aliphatic hydroxyl groups excluding tert-OH is 1. The lowest BCUT2D eigenvalue weighted by Crippen LogP contribution is -2.35. The molecule has 0 saturated heterocycles. The summed E-state index contributed by atoms with van der Waals surface area (Å²) in [5, 5.41) is 8.94. The molecule has 1 aliphatic rings. The van der Waals surface area contributed by atoms with E-state index in [4.69, 9.17) is 5.11 Å². The molecule has 2 rings (SSSR count). The molecular weight excluding hydrogens is 289 g/mol. The molecule has 0 unspecified atom stereocenters. The van der Waals surface area contributed by atoms with E-state index in [2.05, 4.69) is 15.9 Å². The van der Waals surface area contributed by atoms with E-state index in [9.17, 15) is 9.18 Å². The Morgan fingerprint density at radius 1 is 1.53 bits per heavy atom. The van der Waals surface area contributed by atoms with Crippen LogP contribution >= 0.6 is 15.9 Å². The van der Waals surface area contributed by atoms with Crippen LogP contribution in [0.15, 0.2) is 22.7 Å². The van der Waals surface area contributed by atoms with Crippen molar-refractivity contribution in [2.45, 2.75) is 18.9 Å². The summed E-state index contributed by atoms with van der Waals surface area (Å²) in [4.78, 5) is 13.8. The summed E-state index contributed by atoms with van der Waals surface area (Å²) in [6.45, 7) is 0.281. The zero-order chi connectivity index (χ0) is 12.4. The van der Waals surface area contributed by atoms with Gasteiger partial charge in [0, 0.05) is 18.2 Å². The molecule has 0 bridgehead atoms. The highest BCUT2D eigenvalue weighted by molar-refractivity contribution is 9.10. The van der Waals surface area contributed by atoms with Crippen molar-refractivity contribution in [3.63, 3.8) is 0 Å². The molecule has 0 heterocycles. The fourth-order valence-electron chi connectivity index (χ4n) is 1.74. The molecule has 0 aromatic heterocycles. The first-order valence-corrected chi connectivity index (χ1v) is 6.29. The van der Waals surface area contributed by atoms with Gasteiger partial charge in [-0.1, -0.05) is 0 Å². The second kappa shape index (κ2) is 5.14. The van der Waals surface area contributed by atoms with Gasteiger partial charge in [-0.05, 0) is 47.0 Å². The highest BCUT2D eigenvalue weighted by Gasteiger charge is 2.32. The molecule has 1 N–H and O–H groups in total. The first-order chi connectivity index (χ1) is 8.13. The second-order valence-electron chi connectivity index (χ2n) is 4.08. The van der Waals surface area contributed by atoms with Crippen LogP contribution < -0.4 is 0 Å². The maximum Gasteiger partial charge on any atom is 0.254 e. The van der Waals surface area contributed by atoms with Crippen molar-refractivity contribution in [2.24, 2.45) is 0 Å². The van der Waals surface area contributed by atoms with Gasteiger partial charge in [0.1, 0.15) is 5.82 Å². The lowest BCUT2D eigenvalue weighted by atomic mass is 10.2. The molecule has 1 saturated carbocycles. The third-order valence-electron chi connectivity index (χ3n) is 2.76. The first-order valence-electron chi connectivity index (χ1n) is 5.50. The van der Waals surface area contributed by atoms with Crippen molar-refractivity contribution in [1.29, 1.82) is 0 Å². The van der Waals surface area contributed by atoms with Gasteiger partial charge < -0.3 is 10.0 Å². The number of rotatable bonds is 4. The smallest absolute Gasteiger partial charge is 0.254 e. The summed E-state index contributed by atoms with van der Waals surface area (Å²) < 4.78 is 13.4. The maximum absolute atomic E-state index is 13.1. The average molecular weight is 302 g/mol. The van der Waals surface area contributed by atoms with Gasteiger partial charge >= 0.3 is 0 Å². The van der Waals surface area contributed by atoms with Gasteiger partial charge in [0.2, 0.25) is 0 Å². The Morgan fingerprint density at radius 2 is 2.24 bits per heavy atom. The van der Waals surface area contributed by atoms with Crippen LogP contribution in [0.1, 0.15) is 23.2 Å². The number of carbonyl (C=O) groups is 1.